The number of non-ortho nitro benzene ring substituents is 1. The van der Waals surface area contributed by atoms with Crippen LogP contribution in [0.15, 0.2) is 71.6 Å². The fourth-order valence-corrected chi connectivity index (χ4v) is 4.37. The Bertz CT molecular complexity index is 1370. The highest BCUT2D eigenvalue weighted by Gasteiger charge is 2.35. The number of thioether (sulfide) groups is 1. The van der Waals surface area contributed by atoms with Crippen LogP contribution in [0.5, 0.6) is 11.5 Å². The van der Waals surface area contributed by atoms with Gasteiger partial charge in [-0.05, 0) is 81.9 Å². The molecule has 0 radical (unpaired) electrons. The molecule has 0 bridgehead atoms. The highest BCUT2D eigenvalue weighted by Crippen LogP contribution is 2.36. The van der Waals surface area contributed by atoms with Crippen LogP contribution in [0.2, 0.25) is 0 Å². The van der Waals surface area contributed by atoms with E-state index in [1.165, 1.54) is 17.0 Å². The van der Waals surface area contributed by atoms with Crippen molar-refractivity contribution < 1.29 is 24.2 Å². The summed E-state index contributed by atoms with van der Waals surface area (Å²) in [7, 11) is 0. The largest absolute Gasteiger partial charge is 0.450 e. The van der Waals surface area contributed by atoms with Crippen LogP contribution in [0, 0.1) is 23.8 Å². The Morgan fingerprint density at radius 1 is 0.943 bits per heavy atom. The minimum atomic E-state index is -0.761. The predicted octanol–water partition coefficient (Wildman–Crippen LogP) is 6.14. The number of amides is 2. The number of carbonyl (C=O) groups is 2. The lowest BCUT2D eigenvalue weighted by atomic mass is 10.2. The lowest BCUT2D eigenvalue weighted by Crippen LogP contribution is -2.27. The number of carbonyl (C=O) groups excluding carboxylic acids is 2. The molecule has 176 valence electrons. The molecule has 3 aromatic carbocycles. The van der Waals surface area contributed by atoms with Crippen molar-refractivity contribution >= 4 is 62.9 Å². The first-order valence-corrected chi connectivity index (χ1v) is 11.8. The van der Waals surface area contributed by atoms with E-state index >= 15 is 0 Å². The Balaban J connectivity index is 1.48. The van der Waals surface area contributed by atoms with Crippen molar-refractivity contribution in [3.05, 3.63) is 107 Å². The van der Waals surface area contributed by atoms with Gasteiger partial charge in [-0.15, -0.1) is 0 Å². The van der Waals surface area contributed by atoms with Crippen LogP contribution >= 0.6 is 34.4 Å². The van der Waals surface area contributed by atoms with E-state index in [1.54, 1.807) is 18.2 Å². The quantitative estimate of drug-likeness (QED) is 0.136. The summed E-state index contributed by atoms with van der Waals surface area (Å²) in [5, 5.41) is 21.8. The van der Waals surface area contributed by atoms with Crippen molar-refractivity contribution in [3.8, 4) is 11.5 Å². The van der Waals surface area contributed by atoms with Gasteiger partial charge in [-0.25, -0.2) is 0 Å². The molecule has 1 heterocycles. The number of halogens is 1. The molecule has 1 saturated heterocycles. The zero-order valence-electron chi connectivity index (χ0n) is 17.6. The number of nitro groups is 2. The van der Waals surface area contributed by atoms with Crippen LogP contribution in [0.1, 0.15) is 11.1 Å². The van der Waals surface area contributed by atoms with E-state index in [0.717, 1.165) is 39.1 Å². The fourth-order valence-electron chi connectivity index (χ4n) is 3.17. The molecule has 0 aromatic heterocycles. The normalized spacial score (nSPS) is 14.4. The van der Waals surface area contributed by atoms with Crippen LogP contribution in [0.3, 0.4) is 0 Å². The summed E-state index contributed by atoms with van der Waals surface area (Å²) in [6.45, 7) is 0.180. The summed E-state index contributed by atoms with van der Waals surface area (Å²) in [6, 6.07) is 17.0. The Morgan fingerprint density at radius 2 is 1.63 bits per heavy atom. The highest BCUT2D eigenvalue weighted by molar-refractivity contribution is 14.1. The molecule has 35 heavy (non-hydrogen) atoms. The molecular formula is C23H14IN3O7S. The van der Waals surface area contributed by atoms with Crippen molar-refractivity contribution in [1.29, 1.82) is 0 Å². The first-order valence-electron chi connectivity index (χ1n) is 9.92. The summed E-state index contributed by atoms with van der Waals surface area (Å²) in [4.78, 5) is 47.3. The van der Waals surface area contributed by atoms with Crippen LogP contribution in [-0.4, -0.2) is 25.9 Å². The van der Waals surface area contributed by atoms with Gasteiger partial charge in [-0.2, -0.15) is 0 Å². The van der Waals surface area contributed by atoms with E-state index in [1.807, 2.05) is 24.3 Å². The maximum Gasteiger partial charge on any atom is 0.318 e. The third-order valence-electron chi connectivity index (χ3n) is 4.88. The minimum Gasteiger partial charge on any atom is -0.450 e. The molecule has 10 nitrogen and oxygen atoms in total. The predicted molar refractivity (Wildman–Crippen MR) is 137 cm³/mol. The van der Waals surface area contributed by atoms with Gasteiger partial charge in [0.05, 0.1) is 27.4 Å². The molecule has 1 aliphatic rings. The van der Waals surface area contributed by atoms with Crippen molar-refractivity contribution in [1.82, 2.24) is 4.90 Å². The smallest absolute Gasteiger partial charge is 0.318 e. The van der Waals surface area contributed by atoms with E-state index in [4.69, 9.17) is 4.74 Å². The third-order valence-corrected chi connectivity index (χ3v) is 6.51. The van der Waals surface area contributed by atoms with Crippen LogP contribution in [-0.2, 0) is 11.3 Å². The molecule has 0 N–H and O–H groups in total. The van der Waals surface area contributed by atoms with E-state index in [-0.39, 0.29) is 34.1 Å². The summed E-state index contributed by atoms with van der Waals surface area (Å²) in [6.07, 6.45) is 1.58. The minimum absolute atomic E-state index is 0.148. The third kappa shape index (κ3) is 5.66. The molecule has 2 amide bonds. The van der Waals surface area contributed by atoms with Crippen LogP contribution in [0.4, 0.5) is 16.2 Å². The maximum absolute atomic E-state index is 12.8. The second-order valence-corrected chi connectivity index (χ2v) is 9.47. The van der Waals surface area contributed by atoms with Gasteiger partial charge in [0.25, 0.3) is 16.8 Å². The average molecular weight is 603 g/mol. The van der Waals surface area contributed by atoms with Gasteiger partial charge in [-0.3, -0.25) is 34.7 Å². The summed E-state index contributed by atoms with van der Waals surface area (Å²) in [5.74, 6) is -0.281. The SMILES string of the molecule is O=C1S/C(=C/c2ccc(Oc3ccc([N+](=O)[O-])cc3[N+](=O)[O-])cc2)C(=O)N1Cc1ccc(I)cc1. The fraction of sp³-hybridized carbons (Fsp3) is 0.0435. The number of imide groups is 1. The molecule has 0 atom stereocenters. The van der Waals surface area contributed by atoms with Crippen LogP contribution < -0.4 is 4.74 Å². The molecule has 0 unspecified atom stereocenters. The topological polar surface area (TPSA) is 133 Å². The zero-order chi connectivity index (χ0) is 25.1. The Kier molecular flexibility index (Phi) is 7.12. The van der Waals surface area contributed by atoms with Gasteiger partial charge < -0.3 is 4.74 Å². The van der Waals surface area contributed by atoms with E-state index in [0.29, 0.717) is 5.56 Å². The second-order valence-electron chi connectivity index (χ2n) is 7.23. The monoisotopic (exact) mass is 603 g/mol. The number of hydrogen-bond acceptors (Lipinski definition) is 8. The molecular weight excluding hydrogens is 589 g/mol. The van der Waals surface area contributed by atoms with Gasteiger partial charge in [0.15, 0.2) is 0 Å². The lowest BCUT2D eigenvalue weighted by Gasteiger charge is -2.12. The second kappa shape index (κ2) is 10.2. The molecule has 0 spiro atoms. The Morgan fingerprint density at radius 3 is 2.26 bits per heavy atom. The first-order chi connectivity index (χ1) is 16.7. The van der Waals surface area contributed by atoms with Gasteiger partial charge >= 0.3 is 5.69 Å². The van der Waals surface area contributed by atoms with Crippen molar-refractivity contribution in [2.75, 3.05) is 0 Å². The number of ether oxygens (including phenoxy) is 1. The summed E-state index contributed by atoms with van der Waals surface area (Å²) >= 11 is 3.03. The van der Waals surface area contributed by atoms with Gasteiger partial charge in [-0.1, -0.05) is 24.3 Å². The zero-order valence-corrected chi connectivity index (χ0v) is 20.6. The Hall–Kier alpha value is -3.78. The van der Waals surface area contributed by atoms with Gasteiger partial charge in [0, 0.05) is 9.64 Å². The standard InChI is InChI=1S/C23H14IN3O7S/c24-16-5-1-15(2-6-16)13-25-22(28)21(35-23(25)29)11-14-3-8-18(9-4-14)34-20-10-7-17(26(30)31)12-19(20)27(32)33/h1-12H,13H2/b21-11+. The van der Waals surface area contributed by atoms with Crippen molar-refractivity contribution in [2.45, 2.75) is 6.54 Å². The molecule has 1 fully saturated rings. The lowest BCUT2D eigenvalue weighted by molar-refractivity contribution is -0.394. The number of benzene rings is 3. The molecule has 1 aliphatic heterocycles. The van der Waals surface area contributed by atoms with Gasteiger partial charge in [0.2, 0.25) is 5.75 Å². The van der Waals surface area contributed by atoms with E-state index in [2.05, 4.69) is 22.6 Å². The number of nitro benzene ring substituents is 2. The van der Waals surface area contributed by atoms with Crippen molar-refractivity contribution in [2.24, 2.45) is 0 Å². The van der Waals surface area contributed by atoms with E-state index in [9.17, 15) is 29.8 Å². The Labute approximate surface area is 216 Å². The van der Waals surface area contributed by atoms with Crippen molar-refractivity contribution in [3.63, 3.8) is 0 Å². The summed E-state index contributed by atoms with van der Waals surface area (Å²) in [5.41, 5.74) is 0.506. The molecule has 4 rings (SSSR count). The van der Waals surface area contributed by atoms with E-state index < -0.39 is 21.2 Å². The van der Waals surface area contributed by atoms with Gasteiger partial charge in [0.1, 0.15) is 5.75 Å². The molecule has 12 heteroatoms. The van der Waals surface area contributed by atoms with Crippen LogP contribution in [0.25, 0.3) is 6.08 Å². The summed E-state index contributed by atoms with van der Waals surface area (Å²) < 4.78 is 6.59. The average Bonchev–Trinajstić information content (AvgIpc) is 3.09. The first kappa shape index (κ1) is 24.3. The number of hydrogen-bond donors (Lipinski definition) is 0. The maximum atomic E-state index is 12.8. The molecule has 0 aliphatic carbocycles. The highest BCUT2D eigenvalue weighted by atomic mass is 127. The molecule has 3 aromatic rings. The molecule has 0 saturated carbocycles. The number of rotatable bonds is 7. The number of nitrogens with zero attached hydrogens (tertiary/aromatic N) is 3.